The number of hydrogen-bond acceptors (Lipinski definition) is 5. The van der Waals surface area contributed by atoms with E-state index in [2.05, 4.69) is 47.7 Å². The number of rotatable bonds is 4. The van der Waals surface area contributed by atoms with Gasteiger partial charge in [0.1, 0.15) is 5.01 Å². The van der Waals surface area contributed by atoms with Gasteiger partial charge in [0.05, 0.1) is 4.88 Å². The molecule has 17 heavy (non-hydrogen) atoms. The molecule has 0 fully saturated rings. The molecule has 0 aliphatic heterocycles. The van der Waals surface area contributed by atoms with Crippen LogP contribution in [0.4, 0.5) is 0 Å². The molecular formula is C12H17N3S2. The summed E-state index contributed by atoms with van der Waals surface area (Å²) in [4.78, 5) is 1.21. The molecule has 0 bridgehead atoms. The zero-order chi connectivity index (χ0) is 12.3. The normalized spacial score (nSPS) is 11.9. The van der Waals surface area contributed by atoms with Gasteiger partial charge in [-0.05, 0) is 32.2 Å². The second kappa shape index (κ2) is 5.25. The van der Waals surface area contributed by atoms with E-state index in [4.69, 9.17) is 0 Å². The molecule has 1 N–H and O–H groups in total. The molecule has 0 aromatic carbocycles. The van der Waals surface area contributed by atoms with Crippen LogP contribution >= 0.6 is 22.7 Å². The van der Waals surface area contributed by atoms with Crippen LogP contribution in [-0.2, 0) is 6.42 Å². The Kier molecular flexibility index (Phi) is 3.91. The molecule has 0 spiro atoms. The van der Waals surface area contributed by atoms with Crippen molar-refractivity contribution in [2.45, 2.75) is 32.7 Å². The van der Waals surface area contributed by atoms with Crippen molar-refractivity contribution in [3.63, 3.8) is 0 Å². The van der Waals surface area contributed by atoms with Crippen LogP contribution in [0.3, 0.4) is 0 Å². The number of hydrogen-bond donors (Lipinski definition) is 1. The Bertz CT molecular complexity index is 454. The Labute approximate surface area is 110 Å². The van der Waals surface area contributed by atoms with E-state index >= 15 is 0 Å². The van der Waals surface area contributed by atoms with Gasteiger partial charge in [0, 0.05) is 18.5 Å². The molecule has 0 atom stereocenters. The first-order chi connectivity index (χ1) is 8.04. The first-order valence-corrected chi connectivity index (χ1v) is 7.35. The van der Waals surface area contributed by atoms with Gasteiger partial charge in [0.15, 0.2) is 5.01 Å². The molecule has 5 heteroatoms. The highest BCUT2D eigenvalue weighted by Crippen LogP contribution is 2.27. The zero-order valence-corrected chi connectivity index (χ0v) is 12.0. The summed E-state index contributed by atoms with van der Waals surface area (Å²) in [6.45, 7) is 7.46. The van der Waals surface area contributed by atoms with Crippen LogP contribution in [-0.4, -0.2) is 22.3 Å². The third-order valence-corrected chi connectivity index (χ3v) is 4.22. The molecular weight excluding hydrogens is 250 g/mol. The van der Waals surface area contributed by atoms with Gasteiger partial charge >= 0.3 is 0 Å². The van der Waals surface area contributed by atoms with Crippen LogP contribution in [0.2, 0.25) is 0 Å². The lowest BCUT2D eigenvalue weighted by Crippen LogP contribution is -2.37. The average molecular weight is 267 g/mol. The molecule has 0 saturated heterocycles. The summed E-state index contributed by atoms with van der Waals surface area (Å²) < 4.78 is 0. The highest BCUT2D eigenvalue weighted by Gasteiger charge is 2.10. The molecule has 0 aliphatic carbocycles. The molecule has 0 amide bonds. The van der Waals surface area contributed by atoms with E-state index in [1.165, 1.54) is 4.88 Å². The Morgan fingerprint density at radius 1 is 1.29 bits per heavy atom. The number of nitrogens with one attached hydrogen (secondary N) is 1. The molecule has 2 rings (SSSR count). The summed E-state index contributed by atoms with van der Waals surface area (Å²) in [6.07, 6.45) is 0.945. The summed E-state index contributed by atoms with van der Waals surface area (Å²) in [5, 5.41) is 16.1. The van der Waals surface area contributed by atoms with Gasteiger partial charge in [-0.15, -0.1) is 21.5 Å². The fraction of sp³-hybridized carbons (Fsp3) is 0.500. The van der Waals surface area contributed by atoms with E-state index in [-0.39, 0.29) is 5.54 Å². The van der Waals surface area contributed by atoms with Crippen molar-refractivity contribution in [2.75, 3.05) is 6.54 Å². The van der Waals surface area contributed by atoms with Crippen LogP contribution < -0.4 is 5.32 Å². The minimum atomic E-state index is 0.168. The maximum absolute atomic E-state index is 4.23. The summed E-state index contributed by atoms with van der Waals surface area (Å²) in [5.41, 5.74) is 0.168. The van der Waals surface area contributed by atoms with Crippen molar-refractivity contribution in [3.8, 4) is 9.88 Å². The molecule has 0 radical (unpaired) electrons. The average Bonchev–Trinajstić information content (AvgIpc) is 2.83. The number of aromatic nitrogens is 2. The minimum Gasteiger partial charge on any atom is -0.312 e. The maximum Gasteiger partial charge on any atom is 0.157 e. The highest BCUT2D eigenvalue weighted by molar-refractivity contribution is 7.20. The van der Waals surface area contributed by atoms with Crippen molar-refractivity contribution in [3.05, 3.63) is 22.5 Å². The topological polar surface area (TPSA) is 37.8 Å². The second-order valence-corrected chi connectivity index (χ2v) is 6.91. The van der Waals surface area contributed by atoms with E-state index in [1.807, 2.05) is 6.07 Å². The van der Waals surface area contributed by atoms with Gasteiger partial charge in [-0.2, -0.15) is 0 Å². The molecule has 2 aromatic rings. The largest absolute Gasteiger partial charge is 0.312 e. The SMILES string of the molecule is CC(C)(C)NCCc1nnc(-c2cccs2)s1. The molecule has 2 heterocycles. The van der Waals surface area contributed by atoms with Gasteiger partial charge < -0.3 is 5.32 Å². The van der Waals surface area contributed by atoms with E-state index in [9.17, 15) is 0 Å². The van der Waals surface area contributed by atoms with Crippen molar-refractivity contribution in [2.24, 2.45) is 0 Å². The molecule has 3 nitrogen and oxygen atoms in total. The fourth-order valence-corrected chi connectivity index (χ4v) is 3.03. The van der Waals surface area contributed by atoms with Crippen molar-refractivity contribution in [1.29, 1.82) is 0 Å². The lowest BCUT2D eigenvalue weighted by atomic mass is 10.1. The predicted molar refractivity (Wildman–Crippen MR) is 74.7 cm³/mol. The van der Waals surface area contributed by atoms with E-state index in [0.717, 1.165) is 23.0 Å². The third-order valence-electron chi connectivity index (χ3n) is 2.19. The molecule has 0 unspecified atom stereocenters. The molecule has 0 saturated carbocycles. The molecule has 92 valence electrons. The van der Waals surface area contributed by atoms with Crippen molar-refractivity contribution < 1.29 is 0 Å². The van der Waals surface area contributed by atoms with E-state index in [1.54, 1.807) is 22.7 Å². The Morgan fingerprint density at radius 2 is 2.12 bits per heavy atom. The quantitative estimate of drug-likeness (QED) is 0.924. The highest BCUT2D eigenvalue weighted by atomic mass is 32.1. The summed E-state index contributed by atoms with van der Waals surface area (Å²) in [7, 11) is 0. The van der Waals surface area contributed by atoms with Crippen LogP contribution in [0.1, 0.15) is 25.8 Å². The lowest BCUT2D eigenvalue weighted by Gasteiger charge is -2.19. The summed E-state index contributed by atoms with van der Waals surface area (Å²) in [6, 6.07) is 4.13. The fourth-order valence-electron chi connectivity index (χ4n) is 1.40. The number of nitrogens with zero attached hydrogens (tertiary/aromatic N) is 2. The standard InChI is InChI=1S/C12H17N3S2/c1-12(2,3)13-7-6-10-14-15-11(17-10)9-5-4-8-16-9/h4-5,8,13H,6-7H2,1-3H3. The molecule has 2 aromatic heterocycles. The second-order valence-electron chi connectivity index (χ2n) is 4.91. The molecule has 0 aliphatic rings. The summed E-state index contributed by atoms with van der Waals surface area (Å²) >= 11 is 3.40. The van der Waals surface area contributed by atoms with Crippen LogP contribution in [0.25, 0.3) is 9.88 Å². The third kappa shape index (κ3) is 3.87. The van der Waals surface area contributed by atoms with Gasteiger partial charge in [0.25, 0.3) is 0 Å². The monoisotopic (exact) mass is 267 g/mol. The van der Waals surface area contributed by atoms with Gasteiger partial charge in [0.2, 0.25) is 0 Å². The van der Waals surface area contributed by atoms with Crippen LogP contribution in [0, 0.1) is 0 Å². The zero-order valence-electron chi connectivity index (χ0n) is 10.4. The summed E-state index contributed by atoms with van der Waals surface area (Å²) in [5.74, 6) is 0. The Hall–Kier alpha value is -0.780. The first kappa shape index (κ1) is 12.7. The number of thiophene rings is 1. The smallest absolute Gasteiger partial charge is 0.157 e. The Balaban J connectivity index is 1.91. The Morgan fingerprint density at radius 3 is 2.76 bits per heavy atom. The lowest BCUT2D eigenvalue weighted by molar-refractivity contribution is 0.429. The van der Waals surface area contributed by atoms with Crippen LogP contribution in [0.5, 0.6) is 0 Å². The van der Waals surface area contributed by atoms with Crippen molar-refractivity contribution in [1.82, 2.24) is 15.5 Å². The van der Waals surface area contributed by atoms with Gasteiger partial charge in [-0.1, -0.05) is 17.4 Å². The van der Waals surface area contributed by atoms with Crippen LogP contribution in [0.15, 0.2) is 17.5 Å². The van der Waals surface area contributed by atoms with Crippen molar-refractivity contribution >= 4 is 22.7 Å². The first-order valence-electron chi connectivity index (χ1n) is 5.66. The maximum atomic E-state index is 4.23. The predicted octanol–water partition coefficient (Wildman–Crippen LogP) is 3.20. The van der Waals surface area contributed by atoms with E-state index < -0.39 is 0 Å². The van der Waals surface area contributed by atoms with Gasteiger partial charge in [-0.3, -0.25) is 0 Å². The van der Waals surface area contributed by atoms with Gasteiger partial charge in [-0.25, -0.2) is 0 Å². The van der Waals surface area contributed by atoms with E-state index in [0.29, 0.717) is 0 Å². The minimum absolute atomic E-state index is 0.168.